The Balaban J connectivity index is 1.68. The summed E-state index contributed by atoms with van der Waals surface area (Å²) in [5.41, 5.74) is 2.28. The van der Waals surface area contributed by atoms with Crippen LogP contribution in [0.25, 0.3) is 22.0 Å². The molecule has 9 heteroatoms. The second-order valence-electron chi connectivity index (χ2n) is 6.23. The van der Waals surface area contributed by atoms with Crippen molar-refractivity contribution in [1.82, 2.24) is 24.7 Å². The average Bonchev–Trinajstić information content (AvgIpc) is 3.07. The molecule has 1 N–H and O–H groups in total. The number of carboxylic acids is 1. The molecule has 0 fully saturated rings. The molecule has 3 aromatic heterocycles. The highest BCUT2D eigenvalue weighted by atomic mass is 16.5. The zero-order chi connectivity index (χ0) is 20.4. The molecular formula is C20H15N5O4. The van der Waals surface area contributed by atoms with Gasteiger partial charge in [-0.2, -0.15) is 5.10 Å². The molecule has 1 aromatic carbocycles. The molecule has 0 saturated heterocycles. The third-order valence-electron chi connectivity index (χ3n) is 4.19. The summed E-state index contributed by atoms with van der Waals surface area (Å²) in [6, 6.07) is 8.90. The summed E-state index contributed by atoms with van der Waals surface area (Å²) in [5, 5.41) is 13.8. The van der Waals surface area contributed by atoms with Gasteiger partial charge in [-0.3, -0.25) is 19.3 Å². The van der Waals surface area contributed by atoms with Gasteiger partial charge in [0.15, 0.2) is 5.78 Å². The molecule has 4 rings (SSSR count). The maximum Gasteiger partial charge on any atom is 0.325 e. The van der Waals surface area contributed by atoms with Crippen LogP contribution in [0.4, 0.5) is 0 Å². The fourth-order valence-electron chi connectivity index (χ4n) is 2.90. The normalized spacial score (nSPS) is 10.8. The summed E-state index contributed by atoms with van der Waals surface area (Å²) >= 11 is 0. The Morgan fingerprint density at radius 3 is 2.45 bits per heavy atom. The number of hydrogen-bond acceptors (Lipinski definition) is 7. The Labute approximate surface area is 164 Å². The van der Waals surface area contributed by atoms with Crippen molar-refractivity contribution in [3.05, 3.63) is 60.8 Å². The number of benzene rings is 1. The minimum atomic E-state index is -1.04. The van der Waals surface area contributed by atoms with E-state index in [4.69, 9.17) is 9.84 Å². The van der Waals surface area contributed by atoms with E-state index < -0.39 is 5.97 Å². The molecule has 0 aliphatic heterocycles. The molecule has 0 atom stereocenters. The first-order chi connectivity index (χ1) is 14.0. The summed E-state index contributed by atoms with van der Waals surface area (Å²) in [6.07, 6.45) is 6.44. The highest BCUT2D eigenvalue weighted by Gasteiger charge is 2.16. The number of aromatic nitrogens is 5. The first-order valence-electron chi connectivity index (χ1n) is 8.65. The van der Waals surface area contributed by atoms with Crippen molar-refractivity contribution < 1.29 is 19.4 Å². The molecule has 0 amide bonds. The highest BCUT2D eigenvalue weighted by Crippen LogP contribution is 2.27. The summed E-state index contributed by atoms with van der Waals surface area (Å²) in [4.78, 5) is 35.4. The van der Waals surface area contributed by atoms with Gasteiger partial charge in [-0.15, -0.1) is 0 Å². The van der Waals surface area contributed by atoms with Gasteiger partial charge in [0.25, 0.3) is 0 Å². The third kappa shape index (κ3) is 3.79. The highest BCUT2D eigenvalue weighted by molar-refractivity contribution is 6.06. The van der Waals surface area contributed by atoms with E-state index in [-0.39, 0.29) is 24.0 Å². The Morgan fingerprint density at radius 1 is 1.07 bits per heavy atom. The van der Waals surface area contributed by atoms with Crippen molar-refractivity contribution in [2.45, 2.75) is 13.5 Å². The third-order valence-corrected chi connectivity index (χ3v) is 4.19. The first kappa shape index (κ1) is 18.2. The van der Waals surface area contributed by atoms with E-state index in [1.165, 1.54) is 11.6 Å². The van der Waals surface area contributed by atoms with Crippen LogP contribution < -0.4 is 4.74 Å². The fourth-order valence-corrected chi connectivity index (χ4v) is 2.90. The number of nitrogens with zero attached hydrogens (tertiary/aromatic N) is 5. The van der Waals surface area contributed by atoms with Crippen LogP contribution in [0.3, 0.4) is 0 Å². The molecule has 0 radical (unpaired) electrons. The Bertz CT molecular complexity index is 1200. The molecular weight excluding hydrogens is 374 g/mol. The zero-order valence-corrected chi connectivity index (χ0v) is 15.3. The first-order valence-corrected chi connectivity index (χ1v) is 8.65. The van der Waals surface area contributed by atoms with Crippen LogP contribution in [0.15, 0.2) is 55.1 Å². The summed E-state index contributed by atoms with van der Waals surface area (Å²) in [7, 11) is 0. The largest absolute Gasteiger partial charge is 0.480 e. The second kappa shape index (κ2) is 7.47. The number of ketones is 1. The van der Waals surface area contributed by atoms with Crippen LogP contribution in [0.2, 0.25) is 0 Å². The SMILES string of the molecule is CC(=O)c1nn(CC(=O)O)c2ccc(-c3cnc(Oc4ccncc4)nc3)cc12. The van der Waals surface area contributed by atoms with E-state index in [9.17, 15) is 9.59 Å². The molecule has 0 aliphatic rings. The zero-order valence-electron chi connectivity index (χ0n) is 15.3. The standard InChI is InChI=1S/C20H15N5O4/c1-12(26)19-16-8-13(2-3-17(16)25(24-19)11-18(27)28)14-9-22-20(23-10-14)29-15-4-6-21-7-5-15/h2-10H,11H2,1H3,(H,27,28). The number of Topliss-reactive ketones (excluding diaryl/α,β-unsaturated/α-hetero) is 1. The predicted molar refractivity (Wildman–Crippen MR) is 103 cm³/mol. The van der Waals surface area contributed by atoms with Crippen molar-refractivity contribution >= 4 is 22.7 Å². The number of ether oxygens (including phenoxy) is 1. The van der Waals surface area contributed by atoms with Crippen LogP contribution in [0.5, 0.6) is 11.8 Å². The van der Waals surface area contributed by atoms with E-state index in [0.717, 1.165) is 11.1 Å². The van der Waals surface area contributed by atoms with Gasteiger partial charge in [-0.1, -0.05) is 6.07 Å². The monoisotopic (exact) mass is 389 g/mol. The topological polar surface area (TPSA) is 120 Å². The van der Waals surface area contributed by atoms with E-state index in [1.54, 1.807) is 55.1 Å². The number of rotatable bonds is 6. The van der Waals surface area contributed by atoms with Crippen LogP contribution >= 0.6 is 0 Å². The lowest BCUT2D eigenvalue weighted by Gasteiger charge is -2.05. The molecule has 144 valence electrons. The molecule has 0 spiro atoms. The lowest BCUT2D eigenvalue weighted by Crippen LogP contribution is -2.10. The van der Waals surface area contributed by atoms with Crippen LogP contribution in [0.1, 0.15) is 17.4 Å². The van der Waals surface area contributed by atoms with Crippen LogP contribution in [0, 0.1) is 0 Å². The molecule has 0 aliphatic carbocycles. The predicted octanol–water partition coefficient (Wildman–Crippen LogP) is 2.97. The van der Waals surface area contributed by atoms with Crippen molar-refractivity contribution in [2.24, 2.45) is 0 Å². The average molecular weight is 389 g/mol. The Kier molecular flexibility index (Phi) is 4.70. The molecule has 0 bridgehead atoms. The summed E-state index contributed by atoms with van der Waals surface area (Å²) < 4.78 is 6.86. The van der Waals surface area contributed by atoms with Crippen molar-refractivity contribution in [3.8, 4) is 22.9 Å². The minimum absolute atomic E-state index is 0.194. The molecule has 29 heavy (non-hydrogen) atoms. The number of carboxylic acid groups (broad SMARTS) is 1. The van der Waals surface area contributed by atoms with Crippen molar-refractivity contribution in [3.63, 3.8) is 0 Å². The van der Waals surface area contributed by atoms with Gasteiger partial charge in [-0.05, 0) is 29.8 Å². The van der Waals surface area contributed by atoms with E-state index >= 15 is 0 Å². The number of aliphatic carboxylic acids is 1. The summed E-state index contributed by atoms with van der Waals surface area (Å²) in [6.45, 7) is 1.07. The molecule has 0 unspecified atom stereocenters. The van der Waals surface area contributed by atoms with E-state index in [0.29, 0.717) is 16.7 Å². The fraction of sp³-hybridized carbons (Fsp3) is 0.100. The summed E-state index contributed by atoms with van der Waals surface area (Å²) in [5.74, 6) is -0.702. The van der Waals surface area contributed by atoms with Crippen LogP contribution in [-0.2, 0) is 11.3 Å². The van der Waals surface area contributed by atoms with Gasteiger partial charge in [0, 0.05) is 42.7 Å². The van der Waals surface area contributed by atoms with E-state index in [2.05, 4.69) is 20.1 Å². The second-order valence-corrected chi connectivity index (χ2v) is 6.23. The quantitative estimate of drug-likeness (QED) is 0.500. The molecule has 4 aromatic rings. The Morgan fingerprint density at radius 2 is 1.79 bits per heavy atom. The van der Waals surface area contributed by atoms with Gasteiger partial charge in [0.05, 0.1) is 5.52 Å². The van der Waals surface area contributed by atoms with Gasteiger partial charge >= 0.3 is 12.0 Å². The number of carbonyl (C=O) groups excluding carboxylic acids is 1. The number of pyridine rings is 1. The molecule has 3 heterocycles. The molecule has 0 saturated carbocycles. The van der Waals surface area contributed by atoms with Crippen LogP contribution in [-0.4, -0.2) is 41.6 Å². The Hall–Kier alpha value is -4.14. The van der Waals surface area contributed by atoms with Gasteiger partial charge in [0.2, 0.25) is 0 Å². The number of fused-ring (bicyclic) bond motifs is 1. The number of carbonyl (C=O) groups is 2. The lowest BCUT2D eigenvalue weighted by atomic mass is 10.0. The smallest absolute Gasteiger partial charge is 0.325 e. The van der Waals surface area contributed by atoms with Gasteiger partial charge in [0.1, 0.15) is 18.0 Å². The van der Waals surface area contributed by atoms with Crippen molar-refractivity contribution in [1.29, 1.82) is 0 Å². The van der Waals surface area contributed by atoms with Gasteiger partial charge in [-0.25, -0.2) is 9.97 Å². The van der Waals surface area contributed by atoms with Gasteiger partial charge < -0.3 is 9.84 Å². The minimum Gasteiger partial charge on any atom is -0.480 e. The number of hydrogen-bond donors (Lipinski definition) is 1. The van der Waals surface area contributed by atoms with Crippen molar-refractivity contribution in [2.75, 3.05) is 0 Å². The molecule has 9 nitrogen and oxygen atoms in total. The van der Waals surface area contributed by atoms with E-state index in [1.807, 2.05) is 0 Å². The maximum atomic E-state index is 12.0. The maximum absolute atomic E-state index is 12.0. The lowest BCUT2D eigenvalue weighted by molar-refractivity contribution is -0.137.